The smallest absolute Gasteiger partial charge is 0.0619 e. The lowest BCUT2D eigenvalue weighted by molar-refractivity contribution is 0.0530. The molecule has 0 aromatic rings. The van der Waals surface area contributed by atoms with Crippen molar-refractivity contribution in [1.82, 2.24) is 5.32 Å². The molecule has 2 heteroatoms. The highest BCUT2D eigenvalue weighted by Crippen LogP contribution is 2.30. The Morgan fingerprint density at radius 1 is 1.31 bits per heavy atom. The van der Waals surface area contributed by atoms with Crippen LogP contribution >= 0.6 is 0 Å². The molecule has 1 aliphatic carbocycles. The summed E-state index contributed by atoms with van der Waals surface area (Å²) in [5.74, 6) is 0.946. The number of rotatable bonds is 3. The Bertz CT molecular complexity index is 152. The van der Waals surface area contributed by atoms with Gasteiger partial charge in [0.15, 0.2) is 0 Å². The monoisotopic (exact) mass is 183 g/mol. The molecule has 3 atom stereocenters. The molecule has 2 nitrogen and oxygen atoms in total. The molecule has 2 fully saturated rings. The predicted molar refractivity (Wildman–Crippen MR) is 53.8 cm³/mol. The highest BCUT2D eigenvalue weighted by molar-refractivity contribution is 4.88. The molecular formula is C11H21NO. The van der Waals surface area contributed by atoms with Crippen LogP contribution in [0.5, 0.6) is 0 Å². The second kappa shape index (κ2) is 4.43. The zero-order chi connectivity index (χ0) is 9.10. The van der Waals surface area contributed by atoms with E-state index in [0.717, 1.165) is 25.2 Å². The van der Waals surface area contributed by atoms with E-state index < -0.39 is 0 Å². The predicted octanol–water partition coefficient (Wildman–Crippen LogP) is 1.94. The van der Waals surface area contributed by atoms with Gasteiger partial charge >= 0.3 is 0 Å². The van der Waals surface area contributed by atoms with Gasteiger partial charge in [-0.15, -0.1) is 0 Å². The van der Waals surface area contributed by atoms with E-state index in [0.29, 0.717) is 6.04 Å². The highest BCUT2D eigenvalue weighted by Gasteiger charge is 2.31. The molecule has 76 valence electrons. The second-order valence-corrected chi connectivity index (χ2v) is 4.43. The number of ether oxygens (including phenoxy) is 1. The van der Waals surface area contributed by atoms with Crippen LogP contribution in [0.3, 0.4) is 0 Å². The minimum Gasteiger partial charge on any atom is -0.380 e. The summed E-state index contributed by atoms with van der Waals surface area (Å²) >= 11 is 0. The number of hydrogen-bond acceptors (Lipinski definition) is 2. The summed E-state index contributed by atoms with van der Waals surface area (Å²) in [6.07, 6.45) is 6.70. The van der Waals surface area contributed by atoms with Gasteiger partial charge in [0, 0.05) is 18.7 Å². The lowest BCUT2D eigenvalue weighted by Crippen LogP contribution is -2.50. The van der Waals surface area contributed by atoms with Crippen LogP contribution in [0.2, 0.25) is 0 Å². The van der Waals surface area contributed by atoms with Gasteiger partial charge in [-0.05, 0) is 31.6 Å². The Hall–Kier alpha value is -0.0800. The van der Waals surface area contributed by atoms with E-state index in [1.165, 1.54) is 32.1 Å². The van der Waals surface area contributed by atoms with Crippen molar-refractivity contribution >= 4 is 0 Å². The van der Waals surface area contributed by atoms with Crippen LogP contribution in [0.25, 0.3) is 0 Å². The molecule has 0 bridgehead atoms. The summed E-state index contributed by atoms with van der Waals surface area (Å²) in [6.45, 7) is 4.21. The summed E-state index contributed by atoms with van der Waals surface area (Å²) in [5, 5.41) is 3.73. The molecule has 0 radical (unpaired) electrons. The largest absolute Gasteiger partial charge is 0.380 e. The summed E-state index contributed by atoms with van der Waals surface area (Å²) < 4.78 is 5.46. The quantitative estimate of drug-likeness (QED) is 0.722. The maximum Gasteiger partial charge on any atom is 0.0619 e. The van der Waals surface area contributed by atoms with Crippen molar-refractivity contribution in [1.29, 1.82) is 0 Å². The fourth-order valence-corrected chi connectivity index (χ4v) is 2.45. The topological polar surface area (TPSA) is 21.3 Å². The van der Waals surface area contributed by atoms with Gasteiger partial charge in [-0.25, -0.2) is 0 Å². The zero-order valence-corrected chi connectivity index (χ0v) is 8.59. The van der Waals surface area contributed by atoms with E-state index in [1.807, 2.05) is 0 Å². The van der Waals surface area contributed by atoms with Gasteiger partial charge in [-0.1, -0.05) is 13.3 Å². The van der Waals surface area contributed by atoms with Crippen LogP contribution in [0.15, 0.2) is 0 Å². The van der Waals surface area contributed by atoms with Gasteiger partial charge in [0.2, 0.25) is 0 Å². The third-order valence-corrected chi connectivity index (χ3v) is 3.55. The number of hydrogen-bond donors (Lipinski definition) is 1. The standard InChI is InChI=1S/C11H21NO/c1-2-9-5-6-11(9)12-10-4-3-7-13-8-10/h9-12H,2-8H2,1H3. The van der Waals surface area contributed by atoms with Gasteiger partial charge in [0.05, 0.1) is 6.61 Å². The van der Waals surface area contributed by atoms with Gasteiger partial charge in [-0.2, -0.15) is 0 Å². The molecule has 1 heterocycles. The van der Waals surface area contributed by atoms with Crippen LogP contribution in [-0.4, -0.2) is 25.3 Å². The molecule has 13 heavy (non-hydrogen) atoms. The Labute approximate surface area is 81.0 Å². The van der Waals surface area contributed by atoms with Crippen molar-refractivity contribution in [2.24, 2.45) is 5.92 Å². The first kappa shape index (κ1) is 9.47. The molecule has 0 aromatic heterocycles. The van der Waals surface area contributed by atoms with Crippen molar-refractivity contribution in [3.8, 4) is 0 Å². The molecule has 1 saturated carbocycles. The van der Waals surface area contributed by atoms with E-state index in [-0.39, 0.29) is 0 Å². The van der Waals surface area contributed by atoms with E-state index >= 15 is 0 Å². The van der Waals surface area contributed by atoms with Crippen LogP contribution < -0.4 is 5.32 Å². The first-order valence-corrected chi connectivity index (χ1v) is 5.74. The molecule has 1 aliphatic heterocycles. The molecule has 2 rings (SSSR count). The zero-order valence-electron chi connectivity index (χ0n) is 8.59. The first-order chi connectivity index (χ1) is 6.40. The molecule has 0 amide bonds. The van der Waals surface area contributed by atoms with Crippen molar-refractivity contribution < 1.29 is 4.74 Å². The molecule has 1 N–H and O–H groups in total. The van der Waals surface area contributed by atoms with Crippen LogP contribution in [0.1, 0.15) is 39.0 Å². The number of nitrogens with one attached hydrogen (secondary N) is 1. The van der Waals surface area contributed by atoms with Crippen molar-refractivity contribution in [2.45, 2.75) is 51.1 Å². The Morgan fingerprint density at radius 3 is 2.77 bits per heavy atom. The summed E-state index contributed by atoms with van der Waals surface area (Å²) in [6, 6.07) is 1.45. The van der Waals surface area contributed by atoms with Gasteiger partial charge in [0.25, 0.3) is 0 Å². The normalized spacial score (nSPS) is 39.9. The molecule has 2 aliphatic rings. The third-order valence-electron chi connectivity index (χ3n) is 3.55. The SMILES string of the molecule is CCC1CCC1NC1CCCOC1. The average molecular weight is 183 g/mol. The van der Waals surface area contributed by atoms with E-state index in [2.05, 4.69) is 12.2 Å². The molecule has 3 unspecified atom stereocenters. The average Bonchev–Trinajstić information content (AvgIpc) is 2.15. The molecule has 1 saturated heterocycles. The second-order valence-electron chi connectivity index (χ2n) is 4.43. The van der Waals surface area contributed by atoms with Crippen LogP contribution in [-0.2, 0) is 4.74 Å². The molecule has 0 spiro atoms. The van der Waals surface area contributed by atoms with Crippen molar-refractivity contribution in [2.75, 3.05) is 13.2 Å². The Balaban J connectivity index is 1.70. The van der Waals surface area contributed by atoms with E-state index in [9.17, 15) is 0 Å². The summed E-state index contributed by atoms with van der Waals surface area (Å²) in [5.41, 5.74) is 0. The van der Waals surface area contributed by atoms with Crippen LogP contribution in [0.4, 0.5) is 0 Å². The fourth-order valence-electron chi connectivity index (χ4n) is 2.45. The maximum atomic E-state index is 5.46. The summed E-state index contributed by atoms with van der Waals surface area (Å²) in [4.78, 5) is 0. The van der Waals surface area contributed by atoms with Gasteiger partial charge < -0.3 is 10.1 Å². The Morgan fingerprint density at radius 2 is 2.23 bits per heavy atom. The van der Waals surface area contributed by atoms with Gasteiger partial charge in [-0.3, -0.25) is 0 Å². The minimum absolute atomic E-state index is 0.646. The van der Waals surface area contributed by atoms with Gasteiger partial charge in [0.1, 0.15) is 0 Å². The minimum atomic E-state index is 0.646. The maximum absolute atomic E-state index is 5.46. The first-order valence-electron chi connectivity index (χ1n) is 5.74. The third kappa shape index (κ3) is 2.23. The molecular weight excluding hydrogens is 162 g/mol. The fraction of sp³-hybridized carbons (Fsp3) is 1.00. The molecule has 0 aromatic carbocycles. The van der Waals surface area contributed by atoms with Crippen LogP contribution in [0, 0.1) is 5.92 Å². The lowest BCUT2D eigenvalue weighted by Gasteiger charge is -2.40. The van der Waals surface area contributed by atoms with E-state index in [1.54, 1.807) is 0 Å². The van der Waals surface area contributed by atoms with Crippen molar-refractivity contribution in [3.05, 3.63) is 0 Å². The van der Waals surface area contributed by atoms with E-state index in [4.69, 9.17) is 4.74 Å². The van der Waals surface area contributed by atoms with Crippen molar-refractivity contribution in [3.63, 3.8) is 0 Å². The lowest BCUT2D eigenvalue weighted by atomic mass is 9.77. The Kier molecular flexibility index (Phi) is 3.23. The highest BCUT2D eigenvalue weighted by atomic mass is 16.5. The summed E-state index contributed by atoms with van der Waals surface area (Å²) in [7, 11) is 0.